The van der Waals surface area contributed by atoms with E-state index in [0.717, 1.165) is 5.69 Å². The normalized spacial score (nSPS) is 8.44. The summed E-state index contributed by atoms with van der Waals surface area (Å²) < 4.78 is 0. The van der Waals surface area contributed by atoms with Crippen molar-refractivity contribution in [3.8, 4) is 6.57 Å². The maximum absolute atomic E-state index is 5.02. The van der Waals surface area contributed by atoms with Crippen LogP contribution in [0.4, 0.5) is 5.69 Å². The Bertz CT molecular complexity index is 228. The molecule has 0 atom stereocenters. The molecule has 0 N–H and O–H groups in total. The first-order valence-corrected chi connectivity index (χ1v) is 2.80. The van der Waals surface area contributed by atoms with Crippen molar-refractivity contribution in [3.05, 3.63) is 34.7 Å². The molecule has 0 saturated heterocycles. The van der Waals surface area contributed by atoms with Crippen molar-refractivity contribution in [2.24, 2.45) is 0 Å². The van der Waals surface area contributed by atoms with Gasteiger partial charge in [0.1, 0.15) is 0 Å². The van der Waals surface area contributed by atoms with Gasteiger partial charge in [-0.05, 0) is 11.8 Å². The molecule has 0 radical (unpaired) electrons. The first-order chi connectivity index (χ1) is 4.33. The number of hydrogen-bond acceptors (Lipinski definition) is 0. The van der Waals surface area contributed by atoms with Crippen LogP contribution < -0.4 is 0 Å². The number of benzene rings is 1. The van der Waals surface area contributed by atoms with Crippen LogP contribution in [0.25, 0.3) is 4.85 Å². The molecule has 0 fully saturated rings. The van der Waals surface area contributed by atoms with Gasteiger partial charge < -0.3 is 0 Å². The molecule has 1 aromatic rings. The summed E-state index contributed by atoms with van der Waals surface area (Å²) in [7, 11) is 0. The van der Waals surface area contributed by atoms with Gasteiger partial charge in [0, 0.05) is 12.1 Å². The fourth-order valence-electron chi connectivity index (χ4n) is 0.631. The molecule has 9 heavy (non-hydrogen) atoms. The second-order valence-corrected chi connectivity index (χ2v) is 1.96. The molecule has 0 heterocycles. The van der Waals surface area contributed by atoms with Crippen molar-refractivity contribution in [2.75, 3.05) is 0 Å². The second-order valence-electron chi connectivity index (χ2n) is 1.96. The Labute approximate surface area is 54.8 Å². The largest absolute Gasteiger partial charge is 0.339 e. The highest BCUT2D eigenvalue weighted by molar-refractivity contribution is 5.45. The Morgan fingerprint density at radius 3 is 2.22 bits per heavy atom. The minimum absolute atomic E-state index is 0.820. The zero-order valence-corrected chi connectivity index (χ0v) is 5.33. The van der Waals surface area contributed by atoms with E-state index in [1.54, 1.807) is 0 Å². The smallest absolute Gasteiger partial charge is 0.0514 e. The van der Waals surface area contributed by atoms with Crippen molar-refractivity contribution in [2.45, 2.75) is 6.92 Å². The maximum Gasteiger partial charge on any atom is 0.339 e. The highest BCUT2D eigenvalue weighted by Gasteiger charge is 1.94. The third-order valence-corrected chi connectivity index (χ3v) is 1.18. The first-order valence-electron chi connectivity index (χ1n) is 2.80. The van der Waals surface area contributed by atoms with E-state index in [9.17, 15) is 0 Å². The van der Waals surface area contributed by atoms with Crippen LogP contribution in [0.3, 0.4) is 0 Å². The number of nitrogens with zero attached hydrogens (tertiary/aromatic N) is 1. The minimum Gasteiger partial charge on any atom is -0.0514 e. The van der Waals surface area contributed by atoms with Gasteiger partial charge in [-0.2, -0.15) is 0 Å². The van der Waals surface area contributed by atoms with E-state index in [2.05, 4.69) is 4.85 Å². The van der Waals surface area contributed by atoms with E-state index in [0.29, 0.717) is 0 Å². The first kappa shape index (κ1) is 5.84. The Morgan fingerprint density at radius 2 is 1.78 bits per heavy atom. The molecular formula is C8H8N+. The van der Waals surface area contributed by atoms with E-state index < -0.39 is 0 Å². The zero-order valence-electron chi connectivity index (χ0n) is 5.33. The standard InChI is InChI=1S/C8H8N/c1-7-3-5-8(9-2)6-4-7/h2-6H,1H3/q+1. The molecule has 0 bridgehead atoms. The van der Waals surface area contributed by atoms with Crippen molar-refractivity contribution >= 4 is 5.69 Å². The maximum atomic E-state index is 5.02. The molecule has 0 spiro atoms. The summed E-state index contributed by atoms with van der Waals surface area (Å²) in [5.74, 6) is 0. The van der Waals surface area contributed by atoms with E-state index in [-0.39, 0.29) is 0 Å². The van der Waals surface area contributed by atoms with Crippen LogP contribution >= 0.6 is 0 Å². The summed E-state index contributed by atoms with van der Waals surface area (Å²) in [5, 5.41) is 0. The van der Waals surface area contributed by atoms with Crippen molar-refractivity contribution in [1.82, 2.24) is 0 Å². The summed E-state index contributed by atoms with van der Waals surface area (Å²) in [6.07, 6.45) is 0. The van der Waals surface area contributed by atoms with Gasteiger partial charge in [0.15, 0.2) is 0 Å². The summed E-state index contributed by atoms with van der Waals surface area (Å²) in [4.78, 5) is 3.51. The Kier molecular flexibility index (Phi) is 1.51. The van der Waals surface area contributed by atoms with Crippen LogP contribution in [-0.4, -0.2) is 0 Å². The molecule has 0 unspecified atom stereocenters. The fourth-order valence-corrected chi connectivity index (χ4v) is 0.631. The quantitative estimate of drug-likeness (QED) is 0.493. The van der Waals surface area contributed by atoms with Gasteiger partial charge in [0.25, 0.3) is 6.57 Å². The van der Waals surface area contributed by atoms with Crippen LogP contribution in [-0.2, 0) is 0 Å². The number of hydrogen-bond donors (Lipinski definition) is 0. The molecule has 0 aromatic heterocycles. The molecule has 0 amide bonds. The molecule has 44 valence electrons. The minimum atomic E-state index is 0.820. The molecule has 0 saturated carbocycles. The molecule has 1 aromatic carbocycles. The van der Waals surface area contributed by atoms with Gasteiger partial charge in [0.2, 0.25) is 0 Å². The van der Waals surface area contributed by atoms with Gasteiger partial charge in [-0.1, -0.05) is 17.7 Å². The molecule has 0 aliphatic heterocycles. The Morgan fingerprint density at radius 1 is 1.22 bits per heavy atom. The topological polar surface area (TPSA) is 4.36 Å². The SMILES string of the molecule is C#[N+]c1ccc(C)cc1. The lowest BCUT2D eigenvalue weighted by atomic mass is 10.2. The van der Waals surface area contributed by atoms with Gasteiger partial charge in [-0.15, -0.1) is 0 Å². The van der Waals surface area contributed by atoms with Gasteiger partial charge in [-0.25, -0.2) is 0 Å². The van der Waals surface area contributed by atoms with E-state index in [1.165, 1.54) is 5.56 Å². The predicted octanol–water partition coefficient (Wildman–Crippen LogP) is 2.59. The predicted molar refractivity (Wildman–Crippen MR) is 39.1 cm³/mol. The van der Waals surface area contributed by atoms with Crippen molar-refractivity contribution in [1.29, 1.82) is 0 Å². The fraction of sp³-hybridized carbons (Fsp3) is 0.125. The lowest BCUT2D eigenvalue weighted by Crippen LogP contribution is -1.65. The average Bonchev–Trinajstić information content (AvgIpc) is 1.90. The Hall–Kier alpha value is -1.29. The third-order valence-electron chi connectivity index (χ3n) is 1.18. The van der Waals surface area contributed by atoms with Crippen molar-refractivity contribution < 1.29 is 0 Å². The highest BCUT2D eigenvalue weighted by Crippen LogP contribution is 2.10. The van der Waals surface area contributed by atoms with Crippen LogP contribution in [0.1, 0.15) is 5.56 Å². The van der Waals surface area contributed by atoms with E-state index in [4.69, 9.17) is 6.57 Å². The van der Waals surface area contributed by atoms with Gasteiger partial charge in [-0.3, -0.25) is 0 Å². The Balaban J connectivity index is 3.06. The van der Waals surface area contributed by atoms with E-state index in [1.807, 2.05) is 31.2 Å². The van der Waals surface area contributed by atoms with E-state index >= 15 is 0 Å². The molecule has 0 aliphatic rings. The van der Waals surface area contributed by atoms with Crippen LogP contribution in [0.2, 0.25) is 0 Å². The number of rotatable bonds is 0. The summed E-state index contributed by atoms with van der Waals surface area (Å²) >= 11 is 0. The molecule has 1 nitrogen and oxygen atoms in total. The van der Waals surface area contributed by atoms with Crippen LogP contribution in [0, 0.1) is 13.5 Å². The molecular weight excluding hydrogens is 110 g/mol. The van der Waals surface area contributed by atoms with Gasteiger partial charge in [0.05, 0.1) is 0 Å². The van der Waals surface area contributed by atoms with Gasteiger partial charge >= 0.3 is 5.69 Å². The summed E-state index contributed by atoms with van der Waals surface area (Å²) in [5.41, 5.74) is 2.04. The molecule has 1 heteroatoms. The monoisotopic (exact) mass is 118 g/mol. The molecule has 0 aliphatic carbocycles. The third kappa shape index (κ3) is 1.30. The average molecular weight is 118 g/mol. The zero-order chi connectivity index (χ0) is 6.69. The second kappa shape index (κ2) is 2.32. The number of aryl methyl sites for hydroxylation is 1. The van der Waals surface area contributed by atoms with Crippen molar-refractivity contribution in [3.63, 3.8) is 0 Å². The lowest BCUT2D eigenvalue weighted by molar-refractivity contribution is 1.48. The van der Waals surface area contributed by atoms with Crippen LogP contribution in [0.15, 0.2) is 24.3 Å². The summed E-state index contributed by atoms with van der Waals surface area (Å²) in [6, 6.07) is 7.72. The molecule has 1 rings (SSSR count). The summed E-state index contributed by atoms with van der Waals surface area (Å²) in [6.45, 7) is 7.05. The lowest BCUT2D eigenvalue weighted by Gasteiger charge is -1.82. The van der Waals surface area contributed by atoms with Crippen LogP contribution in [0.5, 0.6) is 0 Å². The highest BCUT2D eigenvalue weighted by atomic mass is 14.6.